The van der Waals surface area contributed by atoms with E-state index in [9.17, 15) is 13.9 Å². The predicted molar refractivity (Wildman–Crippen MR) is 72.9 cm³/mol. The molecule has 0 spiro atoms. The van der Waals surface area contributed by atoms with E-state index in [-0.39, 0.29) is 0 Å². The monoisotopic (exact) mass is 286 g/mol. The summed E-state index contributed by atoms with van der Waals surface area (Å²) < 4.78 is 31.3. The molecule has 1 heterocycles. The van der Waals surface area contributed by atoms with Gasteiger partial charge in [0.05, 0.1) is 19.3 Å². The third-order valence-electron chi connectivity index (χ3n) is 3.40. The van der Waals surface area contributed by atoms with Crippen molar-refractivity contribution in [1.29, 1.82) is 0 Å². The fourth-order valence-corrected chi connectivity index (χ4v) is 2.28. The Bertz CT molecular complexity index is 439. The lowest BCUT2D eigenvalue weighted by atomic mass is 10.2. The Labute approximate surface area is 117 Å². The van der Waals surface area contributed by atoms with E-state index in [0.29, 0.717) is 32.0 Å². The predicted octanol–water partition coefficient (Wildman–Crippen LogP) is 1.09. The number of rotatable bonds is 5. The minimum atomic E-state index is -0.878. The van der Waals surface area contributed by atoms with Gasteiger partial charge in [-0.25, -0.2) is 8.78 Å². The number of β-amino-alcohol motifs (C(OH)–C–C–N with tert-alkyl or cyclic N) is 1. The maximum atomic E-state index is 13.2. The van der Waals surface area contributed by atoms with Crippen molar-refractivity contribution in [3.05, 3.63) is 29.8 Å². The second kappa shape index (κ2) is 6.97. The summed E-state index contributed by atoms with van der Waals surface area (Å²) in [6, 6.07) is 3.73. The molecule has 1 aromatic carbocycles. The van der Waals surface area contributed by atoms with Gasteiger partial charge in [0.25, 0.3) is 0 Å². The molecule has 112 valence electrons. The molecule has 1 atom stereocenters. The molecule has 1 fully saturated rings. The van der Waals surface area contributed by atoms with Crippen LogP contribution in [0, 0.1) is 11.6 Å². The number of morpholine rings is 1. The maximum Gasteiger partial charge on any atom is 0.160 e. The van der Waals surface area contributed by atoms with E-state index in [2.05, 4.69) is 4.90 Å². The number of benzene rings is 1. The summed E-state index contributed by atoms with van der Waals surface area (Å²) in [5, 5.41) is 10.1. The molecule has 1 N–H and O–H groups in total. The van der Waals surface area contributed by atoms with Crippen LogP contribution in [-0.2, 0) is 4.74 Å². The van der Waals surface area contributed by atoms with Gasteiger partial charge >= 0.3 is 0 Å². The molecule has 0 bridgehead atoms. The van der Waals surface area contributed by atoms with Crippen molar-refractivity contribution >= 4 is 5.69 Å². The number of halogens is 2. The van der Waals surface area contributed by atoms with Crippen LogP contribution in [0.4, 0.5) is 14.5 Å². The second-order valence-electron chi connectivity index (χ2n) is 5.05. The fourth-order valence-electron chi connectivity index (χ4n) is 2.28. The summed E-state index contributed by atoms with van der Waals surface area (Å²) >= 11 is 0. The van der Waals surface area contributed by atoms with Crippen molar-refractivity contribution in [3.63, 3.8) is 0 Å². The van der Waals surface area contributed by atoms with Gasteiger partial charge in [-0.05, 0) is 12.1 Å². The Morgan fingerprint density at radius 2 is 2.00 bits per heavy atom. The molecule has 1 aromatic rings. The van der Waals surface area contributed by atoms with Gasteiger partial charge in [-0.15, -0.1) is 0 Å². The molecule has 1 aliphatic rings. The number of hydrogen-bond donors (Lipinski definition) is 1. The summed E-state index contributed by atoms with van der Waals surface area (Å²) in [7, 11) is 1.75. The first-order chi connectivity index (χ1) is 9.56. The molecular formula is C14H20F2N2O2. The van der Waals surface area contributed by atoms with Gasteiger partial charge in [-0.2, -0.15) is 0 Å². The van der Waals surface area contributed by atoms with Crippen LogP contribution >= 0.6 is 0 Å². The molecule has 2 rings (SSSR count). The third kappa shape index (κ3) is 4.13. The smallest absolute Gasteiger partial charge is 0.160 e. The quantitative estimate of drug-likeness (QED) is 0.879. The maximum absolute atomic E-state index is 13.2. The Morgan fingerprint density at radius 3 is 2.65 bits per heavy atom. The van der Waals surface area contributed by atoms with E-state index in [4.69, 9.17) is 4.74 Å². The zero-order chi connectivity index (χ0) is 14.5. The lowest BCUT2D eigenvalue weighted by Crippen LogP contribution is -2.44. The van der Waals surface area contributed by atoms with Gasteiger partial charge in [0.1, 0.15) is 0 Å². The number of hydrogen-bond acceptors (Lipinski definition) is 4. The van der Waals surface area contributed by atoms with Crippen molar-refractivity contribution in [2.45, 2.75) is 6.10 Å². The topological polar surface area (TPSA) is 35.9 Å². The molecule has 0 amide bonds. The van der Waals surface area contributed by atoms with Crippen molar-refractivity contribution in [1.82, 2.24) is 4.90 Å². The van der Waals surface area contributed by atoms with E-state index in [0.717, 1.165) is 25.2 Å². The number of aliphatic hydroxyl groups is 1. The Morgan fingerprint density at radius 1 is 1.30 bits per heavy atom. The normalized spacial score (nSPS) is 18.0. The van der Waals surface area contributed by atoms with Gasteiger partial charge in [0.15, 0.2) is 11.6 Å². The average molecular weight is 286 g/mol. The highest BCUT2D eigenvalue weighted by molar-refractivity contribution is 5.46. The third-order valence-corrected chi connectivity index (χ3v) is 3.40. The Hall–Kier alpha value is -1.24. The zero-order valence-electron chi connectivity index (χ0n) is 11.6. The number of aliphatic hydroxyl groups excluding tert-OH is 1. The van der Waals surface area contributed by atoms with Gasteiger partial charge in [-0.1, -0.05) is 0 Å². The zero-order valence-corrected chi connectivity index (χ0v) is 11.6. The Kier molecular flexibility index (Phi) is 5.28. The van der Waals surface area contributed by atoms with Crippen molar-refractivity contribution in [2.75, 3.05) is 51.3 Å². The highest BCUT2D eigenvalue weighted by Gasteiger charge is 2.16. The summed E-state index contributed by atoms with van der Waals surface area (Å²) in [4.78, 5) is 3.85. The number of anilines is 1. The van der Waals surface area contributed by atoms with Crippen LogP contribution in [0.3, 0.4) is 0 Å². The molecule has 0 saturated carbocycles. The number of nitrogens with zero attached hydrogens (tertiary/aromatic N) is 2. The minimum absolute atomic E-state index is 0.364. The highest BCUT2D eigenvalue weighted by atomic mass is 19.2. The molecule has 0 aliphatic carbocycles. The summed E-state index contributed by atoms with van der Waals surface area (Å²) in [5.74, 6) is -1.74. The van der Waals surface area contributed by atoms with Crippen molar-refractivity contribution in [2.24, 2.45) is 0 Å². The lowest BCUT2D eigenvalue weighted by molar-refractivity contribution is 0.0162. The first-order valence-electron chi connectivity index (χ1n) is 6.70. The first kappa shape index (κ1) is 15.2. The highest BCUT2D eigenvalue weighted by Crippen LogP contribution is 2.17. The van der Waals surface area contributed by atoms with Crippen LogP contribution in [0.2, 0.25) is 0 Å². The van der Waals surface area contributed by atoms with Gasteiger partial charge in [0, 0.05) is 45.0 Å². The van der Waals surface area contributed by atoms with Gasteiger partial charge < -0.3 is 14.7 Å². The van der Waals surface area contributed by atoms with Crippen LogP contribution in [0.15, 0.2) is 18.2 Å². The van der Waals surface area contributed by atoms with E-state index in [1.54, 1.807) is 11.9 Å². The van der Waals surface area contributed by atoms with Crippen LogP contribution in [0.25, 0.3) is 0 Å². The average Bonchev–Trinajstić information content (AvgIpc) is 2.42. The summed E-state index contributed by atoms with van der Waals surface area (Å²) in [6.45, 7) is 3.91. The molecule has 0 aromatic heterocycles. The number of likely N-dealkylation sites (N-methyl/N-ethyl adjacent to an activating group) is 1. The van der Waals surface area contributed by atoms with Gasteiger partial charge in [0.2, 0.25) is 0 Å². The largest absolute Gasteiger partial charge is 0.390 e. The van der Waals surface area contributed by atoms with Crippen molar-refractivity contribution in [3.8, 4) is 0 Å². The number of ether oxygens (including phenoxy) is 1. The molecule has 6 heteroatoms. The van der Waals surface area contributed by atoms with Crippen LogP contribution in [0.1, 0.15) is 0 Å². The molecule has 1 aliphatic heterocycles. The van der Waals surface area contributed by atoms with Crippen LogP contribution < -0.4 is 4.90 Å². The lowest BCUT2D eigenvalue weighted by Gasteiger charge is -2.30. The molecule has 4 nitrogen and oxygen atoms in total. The SMILES string of the molecule is CN(CC(O)CN1CCOCC1)c1ccc(F)c(F)c1. The Balaban J connectivity index is 1.86. The molecule has 1 saturated heterocycles. The molecule has 1 unspecified atom stereocenters. The van der Waals surface area contributed by atoms with E-state index >= 15 is 0 Å². The van der Waals surface area contributed by atoms with Crippen LogP contribution in [0.5, 0.6) is 0 Å². The standard InChI is InChI=1S/C14H20F2N2O2/c1-17(11-2-3-13(15)14(16)8-11)9-12(19)10-18-4-6-20-7-5-18/h2-3,8,12,19H,4-7,9-10H2,1H3. The van der Waals surface area contributed by atoms with E-state index in [1.165, 1.54) is 6.07 Å². The van der Waals surface area contributed by atoms with E-state index < -0.39 is 17.7 Å². The summed E-state index contributed by atoms with van der Waals surface area (Å²) in [6.07, 6.45) is -0.550. The second-order valence-corrected chi connectivity index (χ2v) is 5.05. The van der Waals surface area contributed by atoms with Crippen molar-refractivity contribution < 1.29 is 18.6 Å². The van der Waals surface area contributed by atoms with E-state index in [1.807, 2.05) is 0 Å². The minimum Gasteiger partial charge on any atom is -0.390 e. The van der Waals surface area contributed by atoms with Crippen LogP contribution in [-0.4, -0.2) is 62.6 Å². The van der Waals surface area contributed by atoms with Gasteiger partial charge in [-0.3, -0.25) is 4.90 Å². The fraction of sp³-hybridized carbons (Fsp3) is 0.571. The molecule has 0 radical (unpaired) electrons. The molecule has 20 heavy (non-hydrogen) atoms. The molecular weight excluding hydrogens is 266 g/mol. The first-order valence-corrected chi connectivity index (χ1v) is 6.70. The summed E-state index contributed by atoms with van der Waals surface area (Å²) in [5.41, 5.74) is 0.546.